The Kier molecular flexibility index (Phi) is 11.1. The van der Waals surface area contributed by atoms with E-state index >= 15 is 0 Å². The van der Waals surface area contributed by atoms with Crippen LogP contribution in [0.5, 0.6) is 0 Å². The van der Waals surface area contributed by atoms with E-state index in [1.807, 2.05) is 12.2 Å². The van der Waals surface area contributed by atoms with Crippen molar-refractivity contribution in [2.45, 2.75) is 6.92 Å². The summed E-state index contributed by atoms with van der Waals surface area (Å²) in [7, 11) is 3.39. The number of ether oxygens (including phenoxy) is 2. The molecule has 3 nitrogen and oxygen atoms in total. The zero-order valence-electron chi connectivity index (χ0n) is 12.7. The minimum absolute atomic E-state index is 0.258. The second kappa shape index (κ2) is 11.7. The lowest BCUT2D eigenvalue weighted by Gasteiger charge is -2.12. The van der Waals surface area contributed by atoms with E-state index in [0.717, 1.165) is 16.1 Å². The van der Waals surface area contributed by atoms with Gasteiger partial charge >= 0.3 is 0 Å². The van der Waals surface area contributed by atoms with Gasteiger partial charge < -0.3 is 9.47 Å². The Balaban J connectivity index is 4.13. The van der Waals surface area contributed by atoms with E-state index in [9.17, 15) is 0 Å². The monoisotopic (exact) mass is 295 g/mol. The second-order valence-electron chi connectivity index (χ2n) is 4.31. The Labute approximate surface area is 127 Å². The highest BCUT2D eigenvalue weighted by molar-refractivity contribution is 8.15. The minimum Gasteiger partial charge on any atom is -0.382 e. The average Bonchev–Trinajstić information content (AvgIpc) is 2.45. The molecule has 0 saturated carbocycles. The van der Waals surface area contributed by atoms with Crippen molar-refractivity contribution < 1.29 is 9.47 Å². The lowest BCUT2D eigenvalue weighted by atomic mass is 10.0. The maximum absolute atomic E-state index is 5.48. The number of rotatable bonds is 11. The van der Waals surface area contributed by atoms with Crippen molar-refractivity contribution in [1.82, 2.24) is 0 Å². The van der Waals surface area contributed by atoms with Gasteiger partial charge in [-0.05, 0) is 5.57 Å². The molecule has 20 heavy (non-hydrogen) atoms. The lowest BCUT2D eigenvalue weighted by Crippen LogP contribution is -2.10. The molecule has 1 atom stereocenters. The third kappa shape index (κ3) is 8.91. The van der Waals surface area contributed by atoms with Crippen molar-refractivity contribution in [2.24, 2.45) is 10.9 Å². The molecule has 0 N–H and O–H groups in total. The topological polar surface area (TPSA) is 30.8 Å². The first-order valence-electron chi connectivity index (χ1n) is 6.42. The maximum Gasteiger partial charge on any atom is 0.0700 e. The molecule has 0 aromatic heterocycles. The normalized spacial score (nSPS) is 12.9. The zero-order chi connectivity index (χ0) is 15.4. The lowest BCUT2D eigenvalue weighted by molar-refractivity contribution is 0.0601. The molecule has 0 aromatic rings. The van der Waals surface area contributed by atoms with Crippen LogP contribution in [0.3, 0.4) is 0 Å². The molecular weight excluding hydrogens is 270 g/mol. The molecule has 0 aliphatic carbocycles. The smallest absolute Gasteiger partial charge is 0.0700 e. The third-order valence-electron chi connectivity index (χ3n) is 2.59. The van der Waals surface area contributed by atoms with E-state index < -0.39 is 0 Å². The predicted octanol–water partition coefficient (Wildman–Crippen LogP) is 3.86. The van der Waals surface area contributed by atoms with Crippen LogP contribution in [0.25, 0.3) is 0 Å². The molecule has 0 aromatic carbocycles. The number of thioether (sulfide) groups is 1. The van der Waals surface area contributed by atoms with Gasteiger partial charge in [0, 0.05) is 25.0 Å². The molecule has 0 heterocycles. The van der Waals surface area contributed by atoms with Gasteiger partial charge in [-0.15, -0.1) is 0 Å². The molecule has 4 heteroatoms. The van der Waals surface area contributed by atoms with Crippen LogP contribution in [0.2, 0.25) is 0 Å². The molecule has 0 aliphatic rings. The van der Waals surface area contributed by atoms with Gasteiger partial charge in [0.1, 0.15) is 0 Å². The Morgan fingerprint density at radius 3 is 2.55 bits per heavy atom. The Hall–Kier alpha value is -1.10. The summed E-state index contributed by atoms with van der Waals surface area (Å²) in [5, 5.41) is 0. The SMILES string of the molecule is C=C(/C=C\C(=C)C(C)COCCOC)C(=C)SC=NC. The highest BCUT2D eigenvalue weighted by atomic mass is 32.2. The van der Waals surface area contributed by atoms with Gasteiger partial charge in [-0.2, -0.15) is 0 Å². The van der Waals surface area contributed by atoms with Crippen molar-refractivity contribution in [1.29, 1.82) is 0 Å². The first-order valence-corrected chi connectivity index (χ1v) is 7.29. The highest BCUT2D eigenvalue weighted by Crippen LogP contribution is 2.21. The molecule has 0 bridgehead atoms. The molecule has 0 saturated heterocycles. The standard InChI is InChI=1S/C16H25NO2S/c1-13(15(3)11-19-10-9-18-6)7-8-14(2)16(4)20-12-17-5/h7-8,12,15H,1-2,4,9-11H2,3,5-6H3/b8-7-,17-12?. The quantitative estimate of drug-likeness (QED) is 0.251. The van der Waals surface area contributed by atoms with E-state index in [1.54, 1.807) is 19.7 Å². The Bertz CT molecular complexity index is 386. The van der Waals surface area contributed by atoms with E-state index in [-0.39, 0.29) is 5.92 Å². The summed E-state index contributed by atoms with van der Waals surface area (Å²) in [4.78, 5) is 4.78. The molecule has 0 aliphatic heterocycles. The van der Waals surface area contributed by atoms with Crippen LogP contribution in [0.1, 0.15) is 6.92 Å². The number of methoxy groups -OCH3 is 1. The van der Waals surface area contributed by atoms with E-state index in [0.29, 0.717) is 19.8 Å². The van der Waals surface area contributed by atoms with Crippen molar-refractivity contribution >= 4 is 17.3 Å². The summed E-state index contributed by atoms with van der Waals surface area (Å²) in [6.45, 7) is 15.9. The molecule has 0 radical (unpaired) electrons. The third-order valence-corrected chi connectivity index (χ3v) is 3.45. The van der Waals surface area contributed by atoms with Crippen LogP contribution in [0, 0.1) is 5.92 Å². The first kappa shape index (κ1) is 18.9. The predicted molar refractivity (Wildman–Crippen MR) is 90.4 cm³/mol. The Morgan fingerprint density at radius 2 is 1.95 bits per heavy atom. The van der Waals surface area contributed by atoms with Crippen molar-refractivity contribution in [2.75, 3.05) is 34.0 Å². The average molecular weight is 295 g/mol. The minimum atomic E-state index is 0.258. The first-order chi connectivity index (χ1) is 9.52. The van der Waals surface area contributed by atoms with Gasteiger partial charge in [-0.1, -0.05) is 56.1 Å². The van der Waals surface area contributed by atoms with Gasteiger partial charge in [-0.25, -0.2) is 0 Å². The van der Waals surface area contributed by atoms with Gasteiger partial charge in [0.05, 0.1) is 25.4 Å². The molecule has 0 fully saturated rings. The van der Waals surface area contributed by atoms with E-state index in [1.165, 1.54) is 11.8 Å². The second-order valence-corrected chi connectivity index (χ2v) is 5.25. The molecular formula is C16H25NO2S. The van der Waals surface area contributed by atoms with Gasteiger partial charge in [0.15, 0.2) is 0 Å². The van der Waals surface area contributed by atoms with Gasteiger partial charge in [0.25, 0.3) is 0 Å². The number of hydrogen-bond acceptors (Lipinski definition) is 4. The fraction of sp³-hybridized carbons (Fsp3) is 0.438. The van der Waals surface area contributed by atoms with Crippen molar-refractivity contribution in [3.05, 3.63) is 47.9 Å². The molecule has 0 spiro atoms. The van der Waals surface area contributed by atoms with Crippen LogP contribution >= 0.6 is 11.8 Å². The van der Waals surface area contributed by atoms with Crippen LogP contribution in [-0.4, -0.2) is 39.5 Å². The van der Waals surface area contributed by atoms with E-state index in [2.05, 4.69) is 31.7 Å². The summed E-state index contributed by atoms with van der Waals surface area (Å²) in [6.07, 6.45) is 3.88. The number of aliphatic imine (C=N–C) groups is 1. The molecule has 0 amide bonds. The maximum atomic E-state index is 5.48. The fourth-order valence-electron chi connectivity index (χ4n) is 1.17. The summed E-state index contributed by atoms with van der Waals surface area (Å²) in [5.74, 6) is 0.258. The van der Waals surface area contributed by atoms with Crippen LogP contribution in [0.15, 0.2) is 52.9 Å². The number of nitrogens with zero attached hydrogens (tertiary/aromatic N) is 1. The Morgan fingerprint density at radius 1 is 1.25 bits per heavy atom. The highest BCUT2D eigenvalue weighted by Gasteiger charge is 2.04. The molecule has 112 valence electrons. The summed E-state index contributed by atoms with van der Waals surface area (Å²) < 4.78 is 10.4. The summed E-state index contributed by atoms with van der Waals surface area (Å²) in [5.41, 5.74) is 3.61. The number of allylic oxidation sites excluding steroid dienone is 3. The van der Waals surface area contributed by atoms with Gasteiger partial charge in [0.2, 0.25) is 0 Å². The van der Waals surface area contributed by atoms with Crippen LogP contribution in [-0.2, 0) is 9.47 Å². The summed E-state index contributed by atoms with van der Waals surface area (Å²) in [6, 6.07) is 0. The summed E-state index contributed by atoms with van der Waals surface area (Å²) >= 11 is 1.46. The molecule has 0 rings (SSSR count). The van der Waals surface area contributed by atoms with Crippen LogP contribution < -0.4 is 0 Å². The van der Waals surface area contributed by atoms with Gasteiger partial charge in [-0.3, -0.25) is 4.99 Å². The zero-order valence-corrected chi connectivity index (χ0v) is 13.5. The largest absolute Gasteiger partial charge is 0.382 e. The van der Waals surface area contributed by atoms with Crippen LogP contribution in [0.4, 0.5) is 0 Å². The number of hydrogen-bond donors (Lipinski definition) is 0. The van der Waals surface area contributed by atoms with E-state index in [4.69, 9.17) is 9.47 Å². The molecule has 1 unspecified atom stereocenters. The van der Waals surface area contributed by atoms with Crippen molar-refractivity contribution in [3.63, 3.8) is 0 Å². The van der Waals surface area contributed by atoms with Crippen molar-refractivity contribution in [3.8, 4) is 0 Å². The fourth-order valence-corrected chi connectivity index (χ4v) is 1.62.